The van der Waals surface area contributed by atoms with E-state index in [-0.39, 0.29) is 6.10 Å². The number of rotatable bonds is 1. The SMILES string of the molecule is C=C/C=C1/[C@@H]2CC3C[C@@H](C2)[C@H](O)[C@@H]1C3. The van der Waals surface area contributed by atoms with Crippen LogP contribution in [-0.2, 0) is 0 Å². The van der Waals surface area contributed by atoms with Crippen molar-refractivity contribution < 1.29 is 5.11 Å². The van der Waals surface area contributed by atoms with Gasteiger partial charge in [-0.25, -0.2) is 0 Å². The number of allylic oxidation sites excluding steroid dienone is 2. The molecule has 4 bridgehead atoms. The molecule has 0 aromatic rings. The van der Waals surface area contributed by atoms with Gasteiger partial charge in [-0.1, -0.05) is 24.3 Å². The number of hydrogen-bond acceptors (Lipinski definition) is 1. The molecule has 4 saturated carbocycles. The Labute approximate surface area is 85.5 Å². The van der Waals surface area contributed by atoms with Gasteiger partial charge in [0, 0.05) is 5.92 Å². The molecule has 4 rings (SSSR count). The first-order valence-electron chi connectivity index (χ1n) is 5.80. The zero-order chi connectivity index (χ0) is 9.71. The number of aliphatic hydroxyl groups is 1. The Kier molecular flexibility index (Phi) is 1.85. The van der Waals surface area contributed by atoms with Gasteiger partial charge in [0.25, 0.3) is 0 Å². The summed E-state index contributed by atoms with van der Waals surface area (Å²) in [6.07, 6.45) is 9.13. The maximum absolute atomic E-state index is 10.1. The number of aliphatic hydroxyl groups excluding tert-OH is 1. The Morgan fingerprint density at radius 2 is 2.07 bits per heavy atom. The molecule has 0 aliphatic heterocycles. The molecule has 1 heteroatoms. The second kappa shape index (κ2) is 2.96. The van der Waals surface area contributed by atoms with E-state index in [1.54, 1.807) is 0 Å². The summed E-state index contributed by atoms with van der Waals surface area (Å²) < 4.78 is 0. The average molecular weight is 190 g/mol. The molecule has 0 amide bonds. The monoisotopic (exact) mass is 190 g/mol. The summed E-state index contributed by atoms with van der Waals surface area (Å²) >= 11 is 0. The predicted molar refractivity (Wildman–Crippen MR) is 56.7 cm³/mol. The van der Waals surface area contributed by atoms with Crippen molar-refractivity contribution in [2.45, 2.75) is 31.8 Å². The van der Waals surface area contributed by atoms with Crippen LogP contribution in [0.15, 0.2) is 24.3 Å². The minimum atomic E-state index is -0.0472. The van der Waals surface area contributed by atoms with Gasteiger partial charge in [-0.2, -0.15) is 0 Å². The Hall–Kier alpha value is -0.560. The minimum absolute atomic E-state index is 0.0472. The topological polar surface area (TPSA) is 20.2 Å². The molecule has 1 unspecified atom stereocenters. The molecule has 4 fully saturated rings. The molecule has 5 atom stereocenters. The van der Waals surface area contributed by atoms with Crippen LogP contribution in [0.5, 0.6) is 0 Å². The van der Waals surface area contributed by atoms with Crippen LogP contribution in [0, 0.1) is 23.7 Å². The van der Waals surface area contributed by atoms with Gasteiger partial charge in [0.1, 0.15) is 0 Å². The highest BCUT2D eigenvalue weighted by molar-refractivity contribution is 5.25. The van der Waals surface area contributed by atoms with E-state index in [9.17, 15) is 5.11 Å². The van der Waals surface area contributed by atoms with Gasteiger partial charge in [0.2, 0.25) is 0 Å². The van der Waals surface area contributed by atoms with Crippen molar-refractivity contribution in [2.75, 3.05) is 0 Å². The molecule has 0 aromatic heterocycles. The maximum atomic E-state index is 10.1. The Morgan fingerprint density at radius 1 is 1.21 bits per heavy atom. The highest BCUT2D eigenvalue weighted by Gasteiger charge is 2.49. The first kappa shape index (κ1) is 8.72. The van der Waals surface area contributed by atoms with E-state index in [2.05, 4.69) is 12.7 Å². The van der Waals surface area contributed by atoms with Gasteiger partial charge in [-0.05, 0) is 43.4 Å². The van der Waals surface area contributed by atoms with Gasteiger partial charge < -0.3 is 5.11 Å². The van der Waals surface area contributed by atoms with Crippen molar-refractivity contribution in [1.29, 1.82) is 0 Å². The van der Waals surface area contributed by atoms with Gasteiger partial charge in [0.15, 0.2) is 0 Å². The third-order valence-corrected chi connectivity index (χ3v) is 4.53. The molecule has 4 aliphatic rings. The van der Waals surface area contributed by atoms with Crippen molar-refractivity contribution in [3.05, 3.63) is 24.3 Å². The quantitative estimate of drug-likeness (QED) is 0.673. The van der Waals surface area contributed by atoms with Crippen LogP contribution < -0.4 is 0 Å². The van der Waals surface area contributed by atoms with Gasteiger partial charge in [0.05, 0.1) is 6.10 Å². The average Bonchev–Trinajstić information content (AvgIpc) is 2.18. The first-order chi connectivity index (χ1) is 6.79. The molecular weight excluding hydrogens is 172 g/mol. The molecule has 0 aromatic carbocycles. The van der Waals surface area contributed by atoms with Crippen LogP contribution in [0.3, 0.4) is 0 Å². The summed E-state index contributed by atoms with van der Waals surface area (Å²) in [7, 11) is 0. The van der Waals surface area contributed by atoms with Crippen LogP contribution >= 0.6 is 0 Å². The summed E-state index contributed by atoms with van der Waals surface area (Å²) in [5.74, 6) is 2.77. The molecule has 0 heterocycles. The zero-order valence-corrected chi connectivity index (χ0v) is 8.52. The molecule has 76 valence electrons. The lowest BCUT2D eigenvalue weighted by Gasteiger charge is -2.54. The van der Waals surface area contributed by atoms with Crippen molar-refractivity contribution in [3.63, 3.8) is 0 Å². The summed E-state index contributed by atoms with van der Waals surface area (Å²) in [5, 5.41) is 10.1. The third-order valence-electron chi connectivity index (χ3n) is 4.53. The van der Waals surface area contributed by atoms with Crippen LogP contribution in [0.4, 0.5) is 0 Å². The van der Waals surface area contributed by atoms with E-state index in [4.69, 9.17) is 0 Å². The lowest BCUT2D eigenvalue weighted by Crippen LogP contribution is -2.49. The Morgan fingerprint density at radius 3 is 2.86 bits per heavy atom. The fourth-order valence-corrected chi connectivity index (χ4v) is 4.09. The van der Waals surface area contributed by atoms with E-state index in [1.165, 1.54) is 31.3 Å². The molecule has 1 N–H and O–H groups in total. The molecule has 0 spiro atoms. The summed E-state index contributed by atoms with van der Waals surface area (Å²) in [5.41, 5.74) is 1.50. The van der Waals surface area contributed by atoms with Crippen LogP contribution in [0.1, 0.15) is 25.7 Å². The minimum Gasteiger partial charge on any atom is -0.392 e. The molecule has 0 saturated heterocycles. The first-order valence-corrected chi connectivity index (χ1v) is 5.80. The largest absolute Gasteiger partial charge is 0.392 e. The third kappa shape index (κ3) is 1.05. The zero-order valence-electron chi connectivity index (χ0n) is 8.52. The molecule has 4 aliphatic carbocycles. The molecule has 14 heavy (non-hydrogen) atoms. The van der Waals surface area contributed by atoms with Gasteiger partial charge >= 0.3 is 0 Å². The van der Waals surface area contributed by atoms with Gasteiger partial charge in [-0.15, -0.1) is 0 Å². The summed E-state index contributed by atoms with van der Waals surface area (Å²) in [6, 6.07) is 0. The fraction of sp³-hybridized carbons (Fsp3) is 0.692. The Bertz CT molecular complexity index is 292. The van der Waals surface area contributed by atoms with E-state index in [1.807, 2.05) is 6.08 Å². The van der Waals surface area contributed by atoms with Crippen LogP contribution in [0.2, 0.25) is 0 Å². The van der Waals surface area contributed by atoms with E-state index < -0.39 is 0 Å². The van der Waals surface area contributed by atoms with E-state index in [0.29, 0.717) is 11.8 Å². The maximum Gasteiger partial charge on any atom is 0.0634 e. The highest BCUT2D eigenvalue weighted by atomic mass is 16.3. The molecular formula is C13H18O. The lowest BCUT2D eigenvalue weighted by atomic mass is 9.53. The van der Waals surface area contributed by atoms with E-state index >= 15 is 0 Å². The van der Waals surface area contributed by atoms with E-state index in [0.717, 1.165) is 11.8 Å². The van der Waals surface area contributed by atoms with Crippen molar-refractivity contribution in [1.82, 2.24) is 0 Å². The highest BCUT2D eigenvalue weighted by Crippen LogP contribution is 2.56. The van der Waals surface area contributed by atoms with Crippen molar-refractivity contribution in [3.8, 4) is 0 Å². The van der Waals surface area contributed by atoms with Crippen molar-refractivity contribution in [2.24, 2.45) is 23.7 Å². The van der Waals surface area contributed by atoms with Crippen LogP contribution in [-0.4, -0.2) is 11.2 Å². The predicted octanol–water partition coefficient (Wildman–Crippen LogP) is 2.53. The summed E-state index contributed by atoms with van der Waals surface area (Å²) in [4.78, 5) is 0. The lowest BCUT2D eigenvalue weighted by molar-refractivity contribution is -0.0580. The van der Waals surface area contributed by atoms with Crippen molar-refractivity contribution >= 4 is 0 Å². The second-order valence-corrected chi connectivity index (χ2v) is 5.27. The smallest absolute Gasteiger partial charge is 0.0634 e. The van der Waals surface area contributed by atoms with Gasteiger partial charge in [-0.3, -0.25) is 0 Å². The summed E-state index contributed by atoms with van der Waals surface area (Å²) in [6.45, 7) is 3.78. The second-order valence-electron chi connectivity index (χ2n) is 5.27. The molecule has 0 radical (unpaired) electrons. The number of hydrogen-bond donors (Lipinski definition) is 1. The fourth-order valence-electron chi connectivity index (χ4n) is 4.09. The normalized spacial score (nSPS) is 52.6. The Balaban J connectivity index is 1.97. The standard InChI is InChI=1S/C13H18O/c1-2-3-11-9-4-8-5-10(7-9)13(14)12(11)6-8/h2-3,8-10,12-14H,1,4-7H2/b11-3-/t8?,9-,10+,12-,13+/m1/s1. The molecule has 1 nitrogen and oxygen atoms in total. The van der Waals surface area contributed by atoms with Crippen LogP contribution in [0.25, 0.3) is 0 Å².